The number of nitrogens with one attached hydrogen (secondary N) is 2. The Morgan fingerprint density at radius 1 is 1.43 bits per heavy atom. The normalized spacial score (nSPS) is 18.3. The Morgan fingerprint density at radius 2 is 2.17 bits per heavy atom. The molecule has 23 heavy (non-hydrogen) atoms. The van der Waals surface area contributed by atoms with Crippen LogP contribution in [0, 0.1) is 0 Å². The number of hydrogen-bond acceptors (Lipinski definition) is 8. The largest absolute Gasteiger partial charge is 0.464 e. The van der Waals surface area contributed by atoms with E-state index < -0.39 is 10.2 Å². The van der Waals surface area contributed by atoms with Gasteiger partial charge < -0.3 is 14.7 Å². The van der Waals surface area contributed by atoms with E-state index >= 15 is 0 Å². The number of thioether (sulfide) groups is 1. The second-order valence-electron chi connectivity index (χ2n) is 5.05. The summed E-state index contributed by atoms with van der Waals surface area (Å²) in [6.07, 6.45) is 0. The van der Waals surface area contributed by atoms with Gasteiger partial charge in [0.25, 0.3) is 0 Å². The molecule has 0 bridgehead atoms. The first kappa shape index (κ1) is 17.8. The number of aliphatic imine (C=N–C) groups is 1. The molecule has 0 aromatic carbocycles. The zero-order valence-electron chi connectivity index (χ0n) is 12.9. The van der Waals surface area contributed by atoms with Crippen LogP contribution in [0.25, 0.3) is 0 Å². The van der Waals surface area contributed by atoms with Crippen LogP contribution >= 0.6 is 11.8 Å². The third-order valence-corrected chi connectivity index (χ3v) is 4.57. The van der Waals surface area contributed by atoms with Crippen LogP contribution in [0.3, 0.4) is 0 Å². The second kappa shape index (κ2) is 7.81. The van der Waals surface area contributed by atoms with E-state index in [1.54, 1.807) is 11.8 Å². The lowest BCUT2D eigenvalue weighted by Crippen LogP contribution is -2.39. The SMILES string of the molecule is CN(C)Cc1ccc(CSCCN=C2NS(=O)(=O)N=C2NN)o1. The predicted octanol–water partition coefficient (Wildman–Crippen LogP) is -0.317. The molecule has 0 spiro atoms. The minimum absolute atomic E-state index is 0.0226. The van der Waals surface area contributed by atoms with E-state index in [1.807, 2.05) is 31.1 Å². The Balaban J connectivity index is 1.75. The summed E-state index contributed by atoms with van der Waals surface area (Å²) in [6.45, 7) is 1.21. The van der Waals surface area contributed by atoms with Gasteiger partial charge in [0.15, 0.2) is 11.7 Å². The summed E-state index contributed by atoms with van der Waals surface area (Å²) in [6, 6.07) is 3.94. The van der Waals surface area contributed by atoms with Crippen LogP contribution in [-0.4, -0.2) is 51.4 Å². The van der Waals surface area contributed by atoms with E-state index in [2.05, 4.69) is 19.5 Å². The number of rotatable bonds is 7. The van der Waals surface area contributed by atoms with E-state index in [4.69, 9.17) is 10.3 Å². The molecule has 0 atom stereocenters. The number of amidine groups is 2. The molecule has 9 nitrogen and oxygen atoms in total. The van der Waals surface area contributed by atoms with Crippen LogP contribution in [0.4, 0.5) is 0 Å². The second-order valence-corrected chi connectivity index (χ2v) is 7.49. The third-order valence-electron chi connectivity index (χ3n) is 2.74. The van der Waals surface area contributed by atoms with Crippen molar-refractivity contribution in [3.05, 3.63) is 23.7 Å². The molecule has 2 heterocycles. The van der Waals surface area contributed by atoms with Gasteiger partial charge in [-0.2, -0.15) is 20.2 Å². The highest BCUT2D eigenvalue weighted by Crippen LogP contribution is 2.16. The highest BCUT2D eigenvalue weighted by molar-refractivity contribution is 7.98. The smallest absolute Gasteiger partial charge is 0.345 e. The molecule has 1 aliphatic rings. The van der Waals surface area contributed by atoms with E-state index in [0.717, 1.165) is 23.8 Å². The maximum atomic E-state index is 11.3. The van der Waals surface area contributed by atoms with Gasteiger partial charge in [0.1, 0.15) is 11.5 Å². The highest BCUT2D eigenvalue weighted by atomic mass is 32.2. The molecule has 0 radical (unpaired) electrons. The molecule has 2 rings (SSSR count). The van der Waals surface area contributed by atoms with Crippen molar-refractivity contribution < 1.29 is 12.8 Å². The summed E-state index contributed by atoms with van der Waals surface area (Å²) in [5, 5.41) is 0. The van der Waals surface area contributed by atoms with Crippen molar-refractivity contribution in [1.82, 2.24) is 15.0 Å². The molecule has 1 aromatic heterocycles. The van der Waals surface area contributed by atoms with Crippen LogP contribution in [0.2, 0.25) is 0 Å². The highest BCUT2D eigenvalue weighted by Gasteiger charge is 2.25. The summed E-state index contributed by atoms with van der Waals surface area (Å²) < 4.78 is 33.8. The molecule has 11 heteroatoms. The zero-order chi connectivity index (χ0) is 16.9. The number of hydrogen-bond donors (Lipinski definition) is 3. The minimum Gasteiger partial charge on any atom is -0.464 e. The van der Waals surface area contributed by atoms with Gasteiger partial charge in [0, 0.05) is 5.75 Å². The van der Waals surface area contributed by atoms with Crippen LogP contribution in [0.5, 0.6) is 0 Å². The standard InChI is InChI=1S/C12H20N6O3S2/c1-18(2)7-9-3-4-10(21-9)8-22-6-5-14-11-12(15-13)17-23(19,20)16-11/h3-4H,5-8,13H2,1-2H3,(H,14,16)(H,15,17). The molecule has 0 unspecified atom stereocenters. The monoisotopic (exact) mass is 360 g/mol. The first-order valence-electron chi connectivity index (χ1n) is 6.84. The Bertz CT molecular complexity index is 695. The number of furan rings is 1. The molecule has 0 amide bonds. The summed E-state index contributed by atoms with van der Waals surface area (Å²) in [5.74, 6) is 8.65. The maximum absolute atomic E-state index is 11.3. The minimum atomic E-state index is -3.71. The van der Waals surface area contributed by atoms with Crippen LogP contribution in [0.1, 0.15) is 11.5 Å². The molecular formula is C12H20N6O3S2. The van der Waals surface area contributed by atoms with Crippen molar-refractivity contribution in [3.63, 3.8) is 0 Å². The first-order chi connectivity index (χ1) is 10.9. The van der Waals surface area contributed by atoms with Gasteiger partial charge in [-0.3, -0.25) is 4.99 Å². The van der Waals surface area contributed by atoms with Gasteiger partial charge in [-0.1, -0.05) is 0 Å². The van der Waals surface area contributed by atoms with Crippen molar-refractivity contribution in [3.8, 4) is 0 Å². The van der Waals surface area contributed by atoms with E-state index in [-0.39, 0.29) is 11.7 Å². The van der Waals surface area contributed by atoms with Gasteiger partial charge in [-0.15, -0.1) is 4.40 Å². The van der Waals surface area contributed by atoms with E-state index in [9.17, 15) is 8.42 Å². The van der Waals surface area contributed by atoms with Crippen molar-refractivity contribution in [2.24, 2.45) is 15.2 Å². The van der Waals surface area contributed by atoms with Gasteiger partial charge in [0.05, 0.1) is 18.8 Å². The van der Waals surface area contributed by atoms with Crippen LogP contribution in [0.15, 0.2) is 25.9 Å². The number of nitrogens with zero attached hydrogens (tertiary/aromatic N) is 3. The molecular weight excluding hydrogens is 340 g/mol. The Hall–Kier alpha value is -1.56. The topological polar surface area (TPSA) is 125 Å². The molecule has 128 valence electrons. The lowest BCUT2D eigenvalue weighted by atomic mass is 10.4. The predicted molar refractivity (Wildman–Crippen MR) is 91.4 cm³/mol. The van der Waals surface area contributed by atoms with Gasteiger partial charge in [0.2, 0.25) is 0 Å². The van der Waals surface area contributed by atoms with Crippen LogP contribution in [-0.2, 0) is 22.5 Å². The average Bonchev–Trinajstić information content (AvgIpc) is 3.01. The fraction of sp³-hybridized carbons (Fsp3) is 0.500. The van der Waals surface area contributed by atoms with Crippen molar-refractivity contribution in [1.29, 1.82) is 0 Å². The molecule has 0 saturated heterocycles. The average molecular weight is 360 g/mol. The fourth-order valence-corrected chi connectivity index (χ4v) is 3.40. The zero-order valence-corrected chi connectivity index (χ0v) is 14.6. The summed E-state index contributed by atoms with van der Waals surface area (Å²) >= 11 is 1.65. The fourth-order valence-electron chi connectivity index (χ4n) is 1.85. The lowest BCUT2D eigenvalue weighted by molar-refractivity contribution is 0.344. The molecule has 1 aromatic rings. The third kappa shape index (κ3) is 5.53. The van der Waals surface area contributed by atoms with Gasteiger partial charge >= 0.3 is 10.2 Å². The number of nitrogens with two attached hydrogens (primary N) is 1. The van der Waals surface area contributed by atoms with E-state index in [0.29, 0.717) is 12.3 Å². The molecule has 0 fully saturated rings. The summed E-state index contributed by atoms with van der Waals surface area (Å²) in [4.78, 5) is 6.18. The summed E-state index contributed by atoms with van der Waals surface area (Å²) in [7, 11) is 0.264. The van der Waals surface area contributed by atoms with Crippen molar-refractivity contribution in [2.75, 3.05) is 26.4 Å². The van der Waals surface area contributed by atoms with Gasteiger partial charge in [-0.25, -0.2) is 10.6 Å². The molecule has 4 N–H and O–H groups in total. The summed E-state index contributed by atoms with van der Waals surface area (Å²) in [5.41, 5.74) is 2.21. The lowest BCUT2D eigenvalue weighted by Gasteiger charge is -2.05. The molecule has 0 aliphatic carbocycles. The van der Waals surface area contributed by atoms with Crippen LogP contribution < -0.4 is 16.0 Å². The first-order valence-corrected chi connectivity index (χ1v) is 9.43. The number of hydrazine groups is 1. The van der Waals surface area contributed by atoms with Crippen molar-refractivity contribution >= 4 is 33.6 Å². The van der Waals surface area contributed by atoms with E-state index in [1.165, 1.54) is 0 Å². The van der Waals surface area contributed by atoms with Gasteiger partial charge in [-0.05, 0) is 26.2 Å². The Morgan fingerprint density at radius 3 is 2.87 bits per heavy atom. The molecule has 0 saturated carbocycles. The van der Waals surface area contributed by atoms with Crippen molar-refractivity contribution in [2.45, 2.75) is 12.3 Å². The quantitative estimate of drug-likeness (QED) is 0.346. The molecule has 1 aliphatic heterocycles. The maximum Gasteiger partial charge on any atom is 0.345 e. The Labute approximate surface area is 139 Å². The Kier molecular flexibility index (Phi) is 6.04.